The quantitative estimate of drug-likeness (QED) is 0.426. The maximum atomic E-state index is 11.2. The van der Waals surface area contributed by atoms with Crippen LogP contribution in [0.25, 0.3) is 6.08 Å². The molecular weight excluding hydrogens is 190 g/mol. The van der Waals surface area contributed by atoms with Crippen molar-refractivity contribution in [2.24, 2.45) is 0 Å². The van der Waals surface area contributed by atoms with Gasteiger partial charge < -0.3 is 4.74 Å². The van der Waals surface area contributed by atoms with E-state index in [2.05, 4.69) is 0 Å². The van der Waals surface area contributed by atoms with E-state index in [0.717, 1.165) is 5.56 Å². The minimum Gasteiger partial charge on any atom is -0.446 e. The van der Waals surface area contributed by atoms with Gasteiger partial charge in [0.2, 0.25) is 0 Å². The van der Waals surface area contributed by atoms with Crippen molar-refractivity contribution in [2.75, 3.05) is 20.8 Å². The van der Waals surface area contributed by atoms with Crippen molar-refractivity contribution in [1.82, 2.24) is 4.90 Å². The average Bonchev–Trinajstić information content (AvgIpc) is 2.25. The van der Waals surface area contributed by atoms with Crippen LogP contribution in [0.2, 0.25) is 0 Å². The van der Waals surface area contributed by atoms with Crippen LogP contribution in [-0.2, 0) is 9.53 Å². The Kier molecular flexibility index (Phi) is 4.57. The summed E-state index contributed by atoms with van der Waals surface area (Å²) in [5, 5.41) is 0. The van der Waals surface area contributed by atoms with Gasteiger partial charge in [0.1, 0.15) is 6.73 Å². The Labute approximate surface area is 90.0 Å². The number of esters is 1. The zero-order chi connectivity index (χ0) is 11.1. The third kappa shape index (κ3) is 4.98. The number of hydrogen-bond donors (Lipinski definition) is 0. The van der Waals surface area contributed by atoms with Gasteiger partial charge in [0.25, 0.3) is 0 Å². The van der Waals surface area contributed by atoms with Gasteiger partial charge in [0, 0.05) is 6.08 Å². The molecule has 0 radical (unpaired) electrons. The van der Waals surface area contributed by atoms with Crippen molar-refractivity contribution in [1.29, 1.82) is 0 Å². The van der Waals surface area contributed by atoms with Gasteiger partial charge >= 0.3 is 5.97 Å². The number of ether oxygens (including phenoxy) is 1. The van der Waals surface area contributed by atoms with E-state index in [0.29, 0.717) is 6.73 Å². The summed E-state index contributed by atoms with van der Waals surface area (Å²) in [7, 11) is 3.68. The fourth-order valence-corrected chi connectivity index (χ4v) is 0.969. The molecule has 0 atom stereocenters. The largest absolute Gasteiger partial charge is 0.446 e. The Morgan fingerprint density at radius 3 is 2.60 bits per heavy atom. The molecule has 3 nitrogen and oxygen atoms in total. The molecular formula is C12H15NO2. The lowest BCUT2D eigenvalue weighted by Crippen LogP contribution is -2.18. The lowest BCUT2D eigenvalue weighted by Gasteiger charge is -2.08. The zero-order valence-electron chi connectivity index (χ0n) is 9.01. The molecule has 0 heterocycles. The van der Waals surface area contributed by atoms with E-state index >= 15 is 0 Å². The second-order valence-electron chi connectivity index (χ2n) is 3.42. The first-order valence-electron chi connectivity index (χ1n) is 4.73. The van der Waals surface area contributed by atoms with Crippen LogP contribution in [0.3, 0.4) is 0 Å². The van der Waals surface area contributed by atoms with Crippen LogP contribution in [0.4, 0.5) is 0 Å². The first-order chi connectivity index (χ1) is 7.18. The fourth-order valence-electron chi connectivity index (χ4n) is 0.969. The van der Waals surface area contributed by atoms with E-state index in [4.69, 9.17) is 4.74 Å². The Bertz CT molecular complexity index is 331. The number of carbonyl (C=O) groups is 1. The predicted molar refractivity (Wildman–Crippen MR) is 60.1 cm³/mol. The highest BCUT2D eigenvalue weighted by atomic mass is 16.5. The van der Waals surface area contributed by atoms with E-state index in [1.807, 2.05) is 44.4 Å². The molecule has 0 fully saturated rings. The smallest absolute Gasteiger partial charge is 0.332 e. The van der Waals surface area contributed by atoms with Crippen LogP contribution in [-0.4, -0.2) is 31.7 Å². The van der Waals surface area contributed by atoms with Crippen LogP contribution in [0, 0.1) is 0 Å². The fraction of sp³-hybridized carbons (Fsp3) is 0.250. The molecule has 0 amide bonds. The molecule has 3 heteroatoms. The third-order valence-electron chi connectivity index (χ3n) is 1.68. The predicted octanol–water partition coefficient (Wildman–Crippen LogP) is 1.76. The lowest BCUT2D eigenvalue weighted by atomic mass is 10.2. The molecule has 0 saturated heterocycles. The molecule has 1 rings (SSSR count). The minimum absolute atomic E-state index is 0.304. The summed E-state index contributed by atoms with van der Waals surface area (Å²) < 4.78 is 4.93. The van der Waals surface area contributed by atoms with Crippen molar-refractivity contribution in [3.8, 4) is 0 Å². The van der Waals surface area contributed by atoms with Gasteiger partial charge in [-0.15, -0.1) is 0 Å². The summed E-state index contributed by atoms with van der Waals surface area (Å²) in [6, 6.07) is 9.63. The molecule has 0 unspecified atom stereocenters. The molecule has 80 valence electrons. The number of benzene rings is 1. The van der Waals surface area contributed by atoms with E-state index in [1.54, 1.807) is 11.0 Å². The van der Waals surface area contributed by atoms with Gasteiger partial charge in [-0.2, -0.15) is 0 Å². The zero-order valence-corrected chi connectivity index (χ0v) is 9.01. The molecule has 0 spiro atoms. The highest BCUT2D eigenvalue weighted by Crippen LogP contribution is 2.00. The molecule has 0 bridgehead atoms. The van der Waals surface area contributed by atoms with Crippen LogP contribution in [0.15, 0.2) is 36.4 Å². The molecule has 0 aliphatic carbocycles. The number of nitrogens with zero attached hydrogens (tertiary/aromatic N) is 1. The lowest BCUT2D eigenvalue weighted by molar-refractivity contribution is -0.141. The second-order valence-corrected chi connectivity index (χ2v) is 3.42. The molecule has 0 N–H and O–H groups in total. The summed E-state index contributed by atoms with van der Waals surface area (Å²) >= 11 is 0. The maximum Gasteiger partial charge on any atom is 0.332 e. The van der Waals surface area contributed by atoms with Crippen molar-refractivity contribution < 1.29 is 9.53 Å². The highest BCUT2D eigenvalue weighted by Gasteiger charge is 1.96. The normalized spacial score (nSPS) is 10.9. The van der Waals surface area contributed by atoms with Crippen molar-refractivity contribution in [3.63, 3.8) is 0 Å². The minimum atomic E-state index is -0.326. The Hall–Kier alpha value is -1.61. The van der Waals surface area contributed by atoms with Crippen molar-refractivity contribution in [3.05, 3.63) is 42.0 Å². The van der Waals surface area contributed by atoms with Crippen molar-refractivity contribution in [2.45, 2.75) is 0 Å². The molecule has 1 aromatic carbocycles. The Morgan fingerprint density at radius 1 is 1.33 bits per heavy atom. The van der Waals surface area contributed by atoms with Gasteiger partial charge in [-0.25, -0.2) is 4.79 Å². The van der Waals surface area contributed by atoms with Gasteiger partial charge in [0.05, 0.1) is 0 Å². The summed E-state index contributed by atoms with van der Waals surface area (Å²) in [6.45, 7) is 0.304. The molecule has 0 aromatic heterocycles. The summed E-state index contributed by atoms with van der Waals surface area (Å²) in [5.74, 6) is -0.326. The SMILES string of the molecule is CN(C)COC(=O)C=Cc1ccccc1. The average molecular weight is 205 g/mol. The maximum absolute atomic E-state index is 11.2. The second kappa shape index (κ2) is 5.98. The summed E-state index contributed by atoms with van der Waals surface area (Å²) in [6.07, 6.45) is 3.16. The van der Waals surface area contributed by atoms with Crippen LogP contribution in [0.5, 0.6) is 0 Å². The van der Waals surface area contributed by atoms with Crippen molar-refractivity contribution >= 4 is 12.0 Å². The molecule has 1 aromatic rings. The molecule has 0 saturated carbocycles. The molecule has 15 heavy (non-hydrogen) atoms. The first kappa shape index (κ1) is 11.5. The summed E-state index contributed by atoms with van der Waals surface area (Å²) in [5.41, 5.74) is 0.985. The van der Waals surface area contributed by atoms with Gasteiger partial charge in [0.15, 0.2) is 0 Å². The van der Waals surface area contributed by atoms with E-state index in [-0.39, 0.29) is 5.97 Å². The number of rotatable bonds is 4. The van der Waals surface area contributed by atoms with E-state index < -0.39 is 0 Å². The topological polar surface area (TPSA) is 29.5 Å². The number of hydrogen-bond acceptors (Lipinski definition) is 3. The standard InChI is InChI=1S/C12H15NO2/c1-13(2)10-15-12(14)9-8-11-6-4-3-5-7-11/h3-9H,10H2,1-2H3. The Morgan fingerprint density at radius 2 is 2.00 bits per heavy atom. The number of carbonyl (C=O) groups excluding carboxylic acids is 1. The molecule has 0 aliphatic heterocycles. The van der Waals surface area contributed by atoms with Crippen LogP contribution >= 0.6 is 0 Å². The van der Waals surface area contributed by atoms with E-state index in [1.165, 1.54) is 6.08 Å². The third-order valence-corrected chi connectivity index (χ3v) is 1.68. The summed E-state index contributed by atoms with van der Waals surface area (Å²) in [4.78, 5) is 13.0. The van der Waals surface area contributed by atoms with Gasteiger partial charge in [-0.3, -0.25) is 4.90 Å². The Balaban J connectivity index is 2.41. The van der Waals surface area contributed by atoms with Gasteiger partial charge in [-0.05, 0) is 25.7 Å². The van der Waals surface area contributed by atoms with Gasteiger partial charge in [-0.1, -0.05) is 30.3 Å². The van der Waals surface area contributed by atoms with Crippen LogP contribution < -0.4 is 0 Å². The van der Waals surface area contributed by atoms with Crippen LogP contribution in [0.1, 0.15) is 5.56 Å². The highest BCUT2D eigenvalue weighted by molar-refractivity contribution is 5.86. The monoisotopic (exact) mass is 205 g/mol. The first-order valence-corrected chi connectivity index (χ1v) is 4.73. The molecule has 0 aliphatic rings. The van der Waals surface area contributed by atoms with E-state index in [9.17, 15) is 4.79 Å².